The Balaban J connectivity index is 2.26. The minimum atomic E-state index is -1.90. The molecule has 3 nitrogen and oxygen atoms in total. The van der Waals surface area contributed by atoms with Gasteiger partial charge in [-0.3, -0.25) is 0 Å². The van der Waals surface area contributed by atoms with Crippen molar-refractivity contribution in [1.82, 2.24) is 4.98 Å². The highest BCUT2D eigenvalue weighted by Crippen LogP contribution is 2.40. The summed E-state index contributed by atoms with van der Waals surface area (Å²) < 4.78 is 13.1. The highest BCUT2D eigenvalue weighted by molar-refractivity contribution is 14.1. The van der Waals surface area contributed by atoms with Gasteiger partial charge in [0.2, 0.25) is 5.89 Å². The minimum absolute atomic E-state index is 0.133. The second kappa shape index (κ2) is 6.84. The van der Waals surface area contributed by atoms with Gasteiger partial charge in [0.05, 0.1) is 0 Å². The first-order valence-corrected chi connectivity index (χ1v) is 11.5. The average Bonchev–Trinajstić information content (AvgIpc) is 2.84. The fourth-order valence-corrected chi connectivity index (χ4v) is 3.57. The van der Waals surface area contributed by atoms with Gasteiger partial charge in [0.1, 0.15) is 16.1 Å². The van der Waals surface area contributed by atoms with E-state index in [-0.39, 0.29) is 11.1 Å². The van der Waals surface area contributed by atoms with Crippen LogP contribution >= 0.6 is 22.6 Å². The van der Waals surface area contributed by atoms with Crippen molar-refractivity contribution < 1.29 is 8.84 Å². The van der Waals surface area contributed by atoms with Crippen LogP contribution in [0.1, 0.15) is 38.3 Å². The monoisotopic (exact) mass is 429 g/mol. The summed E-state index contributed by atoms with van der Waals surface area (Å²) in [6.07, 6.45) is 2.33. The summed E-state index contributed by atoms with van der Waals surface area (Å²) in [5.74, 6) is 0.679. The van der Waals surface area contributed by atoms with Gasteiger partial charge >= 0.3 is 0 Å². The molecule has 0 N–H and O–H groups in total. The molecule has 0 aliphatic heterocycles. The zero-order valence-corrected chi connectivity index (χ0v) is 17.0. The van der Waals surface area contributed by atoms with Gasteiger partial charge < -0.3 is 8.84 Å². The molecular weight excluding hydrogens is 405 g/mol. The van der Waals surface area contributed by atoms with E-state index in [4.69, 9.17) is 8.84 Å². The lowest BCUT2D eigenvalue weighted by atomic mass is 10.1. The Morgan fingerprint density at radius 3 is 2.36 bits per heavy atom. The first-order valence-electron chi connectivity index (χ1n) is 7.52. The van der Waals surface area contributed by atoms with Crippen LogP contribution in [0.5, 0.6) is 0 Å². The number of nitrogens with zero attached hydrogens (tertiary/aromatic N) is 1. The van der Waals surface area contributed by atoms with Crippen molar-refractivity contribution in [1.29, 1.82) is 0 Å². The summed E-state index contributed by atoms with van der Waals surface area (Å²) in [6.45, 7) is 11.3. The van der Waals surface area contributed by atoms with Crippen molar-refractivity contribution >= 4 is 30.9 Å². The Morgan fingerprint density at radius 1 is 1.23 bits per heavy atom. The van der Waals surface area contributed by atoms with Crippen LogP contribution in [0.15, 0.2) is 41.0 Å². The quantitative estimate of drug-likeness (QED) is 0.460. The number of aromatic nitrogens is 1. The smallest absolute Gasteiger partial charge is 0.223 e. The maximum atomic E-state index is 6.59. The van der Waals surface area contributed by atoms with Crippen molar-refractivity contribution in [2.75, 3.05) is 0 Å². The van der Waals surface area contributed by atoms with E-state index in [2.05, 4.69) is 85.7 Å². The summed E-state index contributed by atoms with van der Waals surface area (Å²) in [6, 6.07) is 10.4. The molecule has 1 unspecified atom stereocenters. The largest absolute Gasteiger partial charge is 0.445 e. The first-order chi connectivity index (χ1) is 10.2. The molecule has 0 saturated heterocycles. The molecule has 0 radical (unpaired) electrons. The number of halogens is 1. The fourth-order valence-electron chi connectivity index (χ4n) is 1.95. The zero-order chi connectivity index (χ0) is 16.4. The van der Waals surface area contributed by atoms with E-state index in [1.54, 1.807) is 6.26 Å². The molecule has 0 bridgehead atoms. The van der Waals surface area contributed by atoms with Gasteiger partial charge in [0, 0.05) is 6.42 Å². The molecule has 2 aromatic rings. The summed E-state index contributed by atoms with van der Waals surface area (Å²) >= 11 is 2.17. The van der Waals surface area contributed by atoms with E-state index in [0.29, 0.717) is 5.89 Å². The second-order valence-corrected chi connectivity index (χ2v) is 12.9. The molecule has 120 valence electrons. The second-order valence-electron chi connectivity index (χ2n) is 7.06. The molecule has 0 amide bonds. The van der Waals surface area contributed by atoms with Crippen LogP contribution in [0.4, 0.5) is 0 Å². The zero-order valence-electron chi connectivity index (χ0n) is 13.9. The third-order valence-electron chi connectivity index (χ3n) is 4.28. The maximum absolute atomic E-state index is 6.59. The van der Waals surface area contributed by atoms with Crippen LogP contribution in [-0.4, -0.2) is 13.3 Å². The molecule has 0 saturated carbocycles. The molecule has 2 rings (SSSR count). The van der Waals surface area contributed by atoms with Gasteiger partial charge in [-0.2, -0.15) is 0 Å². The Labute approximate surface area is 147 Å². The van der Waals surface area contributed by atoms with Crippen molar-refractivity contribution in [3.63, 3.8) is 0 Å². The lowest BCUT2D eigenvalue weighted by molar-refractivity contribution is 0.151. The van der Waals surface area contributed by atoms with Gasteiger partial charge in [0.15, 0.2) is 8.32 Å². The highest BCUT2D eigenvalue weighted by atomic mass is 127. The van der Waals surface area contributed by atoms with E-state index >= 15 is 0 Å². The number of oxazole rings is 1. The molecule has 1 atom stereocenters. The number of hydrogen-bond acceptors (Lipinski definition) is 3. The Morgan fingerprint density at radius 2 is 1.86 bits per heavy atom. The maximum Gasteiger partial charge on any atom is 0.223 e. The molecule has 1 heterocycles. The molecule has 0 aliphatic rings. The molecule has 5 heteroatoms. The van der Waals surface area contributed by atoms with Crippen LogP contribution in [-0.2, 0) is 10.8 Å². The Bertz CT molecular complexity index is 605. The summed E-state index contributed by atoms with van der Waals surface area (Å²) in [5, 5.41) is 0.154. The van der Waals surface area contributed by atoms with Crippen molar-refractivity contribution in [3.8, 4) is 0 Å². The summed E-state index contributed by atoms with van der Waals surface area (Å²) in [4.78, 5) is 4.49. The fraction of sp³-hybridized carbons (Fsp3) is 0.471. The van der Waals surface area contributed by atoms with Gasteiger partial charge in [-0.1, -0.05) is 51.1 Å². The van der Waals surface area contributed by atoms with Crippen LogP contribution in [0.25, 0.3) is 0 Å². The summed E-state index contributed by atoms with van der Waals surface area (Å²) in [7, 11) is -1.90. The van der Waals surface area contributed by atoms with Crippen LogP contribution < -0.4 is 0 Å². The molecule has 0 fully saturated rings. The molecular formula is C17H24INO2Si. The lowest BCUT2D eigenvalue weighted by Gasteiger charge is -2.38. The first kappa shape index (κ1) is 17.7. The Kier molecular flexibility index (Phi) is 5.50. The highest BCUT2D eigenvalue weighted by Gasteiger charge is 2.40. The Hall–Kier alpha value is -0.663. The topological polar surface area (TPSA) is 35.3 Å². The number of hydrogen-bond donors (Lipinski definition) is 0. The molecule has 22 heavy (non-hydrogen) atoms. The predicted octanol–water partition coefficient (Wildman–Crippen LogP) is 5.58. The summed E-state index contributed by atoms with van der Waals surface area (Å²) in [5.41, 5.74) is 1.24. The van der Waals surface area contributed by atoms with Crippen LogP contribution in [0, 0.1) is 3.70 Å². The van der Waals surface area contributed by atoms with Crippen LogP contribution in [0.3, 0.4) is 0 Å². The third-order valence-corrected chi connectivity index (χ3v) is 9.26. The predicted molar refractivity (Wildman–Crippen MR) is 100 cm³/mol. The van der Waals surface area contributed by atoms with Gasteiger partial charge in [-0.15, -0.1) is 0 Å². The van der Waals surface area contributed by atoms with E-state index in [1.807, 2.05) is 6.07 Å². The van der Waals surface area contributed by atoms with Crippen molar-refractivity contribution in [2.45, 2.75) is 51.4 Å². The van der Waals surface area contributed by atoms with Crippen LogP contribution in [0.2, 0.25) is 18.1 Å². The van der Waals surface area contributed by atoms with E-state index < -0.39 is 8.32 Å². The van der Waals surface area contributed by atoms with Gasteiger partial charge in [-0.25, -0.2) is 4.98 Å². The van der Waals surface area contributed by atoms with Gasteiger partial charge in [-0.05, 0) is 46.3 Å². The molecule has 1 aromatic carbocycles. The molecule has 1 aromatic heterocycles. The van der Waals surface area contributed by atoms with Crippen molar-refractivity contribution in [3.05, 3.63) is 51.7 Å². The minimum Gasteiger partial charge on any atom is -0.445 e. The average molecular weight is 429 g/mol. The van der Waals surface area contributed by atoms with E-state index in [1.165, 1.54) is 5.56 Å². The molecule has 0 spiro atoms. The van der Waals surface area contributed by atoms with Gasteiger partial charge in [0.25, 0.3) is 0 Å². The van der Waals surface area contributed by atoms with Crippen molar-refractivity contribution in [2.24, 2.45) is 0 Å². The normalized spacial score (nSPS) is 14.1. The molecule has 0 aliphatic carbocycles. The third kappa shape index (κ3) is 4.42. The number of rotatable bonds is 5. The van der Waals surface area contributed by atoms with E-state index in [0.717, 1.165) is 10.1 Å². The SMILES string of the molecule is CC(C)(C)[Si](C)(C)OC(Cc1ccccc1)c1nc(I)co1. The standard InChI is InChI=1S/C17H24INO2Si/c1-17(2,3)22(4,5)21-14(16-19-15(18)12-20-16)11-13-9-7-6-8-10-13/h6-10,12,14H,11H2,1-5H3. The number of benzene rings is 1. The van der Waals surface area contributed by atoms with E-state index in [9.17, 15) is 0 Å². The lowest BCUT2D eigenvalue weighted by Crippen LogP contribution is -2.42.